The second kappa shape index (κ2) is 7.59. The van der Waals surface area contributed by atoms with Crippen molar-refractivity contribution in [3.63, 3.8) is 0 Å². The Labute approximate surface area is 167 Å². The van der Waals surface area contributed by atoms with Crippen LogP contribution in [0.15, 0.2) is 73.3 Å². The quantitative estimate of drug-likeness (QED) is 0.639. The molecule has 0 aromatic heterocycles. The molecular weight excluding hydrogens is 366 g/mol. The minimum Gasteiger partial charge on any atom is -0.349 e. The van der Waals surface area contributed by atoms with E-state index in [-0.39, 0.29) is 24.3 Å². The highest BCUT2D eigenvalue weighted by Crippen LogP contribution is 2.36. The molecular formula is C23H19N3O3. The van der Waals surface area contributed by atoms with Gasteiger partial charge in [0, 0.05) is 17.5 Å². The summed E-state index contributed by atoms with van der Waals surface area (Å²) in [6.45, 7) is 3.75. The summed E-state index contributed by atoms with van der Waals surface area (Å²) in [5.74, 6) is -0.897. The van der Waals surface area contributed by atoms with Crippen LogP contribution in [0.3, 0.4) is 0 Å². The minimum atomic E-state index is -0.382. The van der Waals surface area contributed by atoms with E-state index in [1.54, 1.807) is 36.4 Å². The van der Waals surface area contributed by atoms with Crippen molar-refractivity contribution in [2.24, 2.45) is 0 Å². The van der Waals surface area contributed by atoms with Crippen LogP contribution in [0.4, 0.5) is 11.4 Å². The fourth-order valence-corrected chi connectivity index (χ4v) is 3.52. The van der Waals surface area contributed by atoms with Gasteiger partial charge in [-0.1, -0.05) is 42.5 Å². The maximum absolute atomic E-state index is 12.8. The molecule has 144 valence electrons. The van der Waals surface area contributed by atoms with Crippen molar-refractivity contribution in [1.82, 2.24) is 5.32 Å². The van der Waals surface area contributed by atoms with Gasteiger partial charge in [0.25, 0.3) is 11.8 Å². The number of hydrogen-bond acceptors (Lipinski definition) is 3. The van der Waals surface area contributed by atoms with Crippen molar-refractivity contribution in [3.8, 4) is 0 Å². The number of nitrogens with zero attached hydrogens (tertiary/aromatic N) is 1. The highest BCUT2D eigenvalue weighted by Gasteiger charge is 2.31. The molecule has 0 spiro atoms. The van der Waals surface area contributed by atoms with E-state index in [0.717, 1.165) is 16.5 Å². The van der Waals surface area contributed by atoms with Crippen LogP contribution in [0.1, 0.15) is 20.7 Å². The number of hydrogen-bond donors (Lipinski definition) is 2. The highest BCUT2D eigenvalue weighted by atomic mass is 16.2. The molecule has 6 nitrogen and oxygen atoms in total. The van der Waals surface area contributed by atoms with E-state index in [2.05, 4.69) is 17.2 Å². The van der Waals surface area contributed by atoms with Gasteiger partial charge in [0.15, 0.2) is 0 Å². The smallest absolute Gasteiger partial charge is 0.259 e. The Morgan fingerprint density at radius 3 is 2.55 bits per heavy atom. The third kappa shape index (κ3) is 3.36. The normalized spacial score (nSPS) is 12.1. The Balaban J connectivity index is 1.55. The third-order valence-electron chi connectivity index (χ3n) is 4.80. The Morgan fingerprint density at radius 2 is 1.76 bits per heavy atom. The number of carbonyl (C=O) groups is 3. The Bertz CT molecular complexity index is 1150. The zero-order valence-electron chi connectivity index (χ0n) is 15.6. The molecule has 1 aliphatic heterocycles. The molecule has 2 N–H and O–H groups in total. The monoisotopic (exact) mass is 385 g/mol. The molecule has 3 aromatic carbocycles. The molecule has 0 bridgehead atoms. The highest BCUT2D eigenvalue weighted by molar-refractivity contribution is 6.26. The molecule has 0 fully saturated rings. The lowest BCUT2D eigenvalue weighted by Crippen LogP contribution is -2.36. The predicted molar refractivity (Wildman–Crippen MR) is 113 cm³/mol. The van der Waals surface area contributed by atoms with Gasteiger partial charge in [0.2, 0.25) is 5.91 Å². The first-order valence-electron chi connectivity index (χ1n) is 9.21. The standard InChI is InChI=1S/C23H19N3O3/c1-2-13-24-22(28)16-9-3-4-11-18(16)25-20(27)14-26-19-12-6-8-15-7-5-10-17(21(15)19)23(26)29/h2-12H,1,13-14H2,(H,24,28)(H,25,27). The van der Waals surface area contributed by atoms with E-state index in [4.69, 9.17) is 0 Å². The van der Waals surface area contributed by atoms with E-state index >= 15 is 0 Å². The number of anilines is 2. The van der Waals surface area contributed by atoms with Crippen LogP contribution in [-0.4, -0.2) is 30.8 Å². The first-order chi connectivity index (χ1) is 14.1. The maximum Gasteiger partial charge on any atom is 0.259 e. The van der Waals surface area contributed by atoms with E-state index in [1.807, 2.05) is 30.3 Å². The molecule has 0 unspecified atom stereocenters. The third-order valence-corrected chi connectivity index (χ3v) is 4.80. The van der Waals surface area contributed by atoms with Crippen molar-refractivity contribution < 1.29 is 14.4 Å². The van der Waals surface area contributed by atoms with Crippen molar-refractivity contribution in [2.45, 2.75) is 0 Å². The first kappa shape index (κ1) is 18.4. The number of nitrogens with one attached hydrogen (secondary N) is 2. The van der Waals surface area contributed by atoms with Gasteiger partial charge in [-0.25, -0.2) is 0 Å². The average Bonchev–Trinajstić information content (AvgIpc) is 3.00. The van der Waals surface area contributed by atoms with Gasteiger partial charge in [0.05, 0.1) is 16.9 Å². The summed E-state index contributed by atoms with van der Waals surface area (Å²) in [5.41, 5.74) is 2.05. The predicted octanol–water partition coefficient (Wildman–Crippen LogP) is 3.35. The van der Waals surface area contributed by atoms with Gasteiger partial charge in [-0.05, 0) is 29.7 Å². The van der Waals surface area contributed by atoms with Crippen molar-refractivity contribution >= 4 is 39.9 Å². The van der Waals surface area contributed by atoms with Crippen molar-refractivity contribution in [1.29, 1.82) is 0 Å². The molecule has 0 saturated heterocycles. The van der Waals surface area contributed by atoms with E-state index in [9.17, 15) is 14.4 Å². The summed E-state index contributed by atoms with van der Waals surface area (Å²) in [7, 11) is 0. The largest absolute Gasteiger partial charge is 0.349 e. The number of carbonyl (C=O) groups excluding carboxylic acids is 3. The Morgan fingerprint density at radius 1 is 1.00 bits per heavy atom. The maximum atomic E-state index is 12.8. The van der Waals surface area contributed by atoms with Crippen LogP contribution in [-0.2, 0) is 4.79 Å². The van der Waals surface area contributed by atoms with Gasteiger partial charge < -0.3 is 10.6 Å². The lowest BCUT2D eigenvalue weighted by Gasteiger charge is -2.18. The topological polar surface area (TPSA) is 78.5 Å². The van der Waals surface area contributed by atoms with Crippen LogP contribution >= 0.6 is 0 Å². The Hall–Kier alpha value is -3.93. The second-order valence-electron chi connectivity index (χ2n) is 6.66. The van der Waals surface area contributed by atoms with Crippen molar-refractivity contribution in [2.75, 3.05) is 23.3 Å². The molecule has 3 aromatic rings. The summed E-state index contributed by atoms with van der Waals surface area (Å²) in [6.07, 6.45) is 1.58. The Kier molecular flexibility index (Phi) is 4.83. The number of para-hydroxylation sites is 1. The SMILES string of the molecule is C=CCNC(=O)c1ccccc1NC(=O)CN1C(=O)c2cccc3cccc1c23. The van der Waals surface area contributed by atoms with Crippen LogP contribution < -0.4 is 15.5 Å². The van der Waals surface area contributed by atoms with Crippen LogP contribution in [0.5, 0.6) is 0 Å². The molecule has 0 aliphatic carbocycles. The first-order valence-corrected chi connectivity index (χ1v) is 9.21. The molecule has 3 amide bonds. The van der Waals surface area contributed by atoms with E-state index in [1.165, 1.54) is 4.90 Å². The van der Waals surface area contributed by atoms with Gasteiger partial charge in [-0.15, -0.1) is 6.58 Å². The molecule has 0 saturated carbocycles. The zero-order chi connectivity index (χ0) is 20.4. The van der Waals surface area contributed by atoms with Crippen LogP contribution in [0.25, 0.3) is 10.8 Å². The second-order valence-corrected chi connectivity index (χ2v) is 6.66. The van der Waals surface area contributed by atoms with Gasteiger partial charge >= 0.3 is 0 Å². The summed E-state index contributed by atoms with van der Waals surface area (Å²) >= 11 is 0. The average molecular weight is 385 g/mol. The van der Waals surface area contributed by atoms with E-state index < -0.39 is 0 Å². The number of rotatable bonds is 6. The zero-order valence-corrected chi connectivity index (χ0v) is 15.6. The van der Waals surface area contributed by atoms with Crippen molar-refractivity contribution in [3.05, 3.63) is 84.4 Å². The van der Waals surface area contributed by atoms with Gasteiger partial charge in [-0.2, -0.15) is 0 Å². The molecule has 0 radical (unpaired) electrons. The minimum absolute atomic E-state index is 0.144. The lowest BCUT2D eigenvalue weighted by molar-refractivity contribution is -0.114. The molecule has 6 heteroatoms. The number of amides is 3. The number of benzene rings is 3. The van der Waals surface area contributed by atoms with Crippen LogP contribution in [0.2, 0.25) is 0 Å². The fraction of sp³-hybridized carbons (Fsp3) is 0.0870. The summed E-state index contributed by atoms with van der Waals surface area (Å²) in [6, 6.07) is 17.9. The molecule has 0 atom stereocenters. The summed E-state index contributed by atoms with van der Waals surface area (Å²) in [4.78, 5) is 39.3. The molecule has 4 rings (SSSR count). The molecule has 1 aliphatic rings. The van der Waals surface area contributed by atoms with Gasteiger partial charge in [-0.3, -0.25) is 19.3 Å². The fourth-order valence-electron chi connectivity index (χ4n) is 3.52. The lowest BCUT2D eigenvalue weighted by atomic mass is 10.1. The summed E-state index contributed by atoms with van der Waals surface area (Å²) < 4.78 is 0. The summed E-state index contributed by atoms with van der Waals surface area (Å²) in [5, 5.41) is 7.27. The van der Waals surface area contributed by atoms with Gasteiger partial charge in [0.1, 0.15) is 6.54 Å². The molecule has 29 heavy (non-hydrogen) atoms. The van der Waals surface area contributed by atoms with E-state index in [0.29, 0.717) is 23.4 Å². The molecule has 1 heterocycles. The van der Waals surface area contributed by atoms with Crippen LogP contribution in [0, 0.1) is 0 Å².